The SMILES string of the molecule is CN(C(=O)c1ccc(F)nc1)C1CCC(C)(C)CC1. The summed E-state index contributed by atoms with van der Waals surface area (Å²) in [6, 6.07) is 3.00. The second-order valence-electron chi connectivity index (χ2n) is 6.18. The Morgan fingerprint density at radius 1 is 1.37 bits per heavy atom. The highest BCUT2D eigenvalue weighted by atomic mass is 19.1. The highest BCUT2D eigenvalue weighted by Gasteiger charge is 2.30. The summed E-state index contributed by atoms with van der Waals surface area (Å²) in [4.78, 5) is 17.6. The van der Waals surface area contributed by atoms with Crippen LogP contribution in [0.2, 0.25) is 0 Å². The van der Waals surface area contributed by atoms with Crippen LogP contribution in [-0.2, 0) is 0 Å². The number of aromatic nitrogens is 1. The van der Waals surface area contributed by atoms with Crippen LogP contribution in [0.15, 0.2) is 18.3 Å². The van der Waals surface area contributed by atoms with Crippen LogP contribution < -0.4 is 0 Å². The van der Waals surface area contributed by atoms with Crippen LogP contribution >= 0.6 is 0 Å². The van der Waals surface area contributed by atoms with E-state index in [-0.39, 0.29) is 11.9 Å². The van der Waals surface area contributed by atoms with Crippen molar-refractivity contribution in [3.63, 3.8) is 0 Å². The monoisotopic (exact) mass is 264 g/mol. The van der Waals surface area contributed by atoms with Gasteiger partial charge in [0.1, 0.15) is 0 Å². The molecule has 4 heteroatoms. The molecule has 0 N–H and O–H groups in total. The smallest absolute Gasteiger partial charge is 0.255 e. The van der Waals surface area contributed by atoms with Gasteiger partial charge in [0.2, 0.25) is 5.95 Å². The molecule has 19 heavy (non-hydrogen) atoms. The summed E-state index contributed by atoms with van der Waals surface area (Å²) in [5.41, 5.74) is 0.839. The average Bonchev–Trinajstić information content (AvgIpc) is 2.38. The lowest BCUT2D eigenvalue weighted by molar-refractivity contribution is 0.0635. The predicted octanol–water partition coefficient (Wildman–Crippen LogP) is 3.26. The standard InChI is InChI=1S/C15H21FN2O/c1-15(2)8-6-12(7-9-15)18(3)14(19)11-4-5-13(16)17-10-11/h4-5,10,12H,6-9H2,1-3H3. The lowest BCUT2D eigenvalue weighted by Gasteiger charge is -2.38. The number of amides is 1. The Hall–Kier alpha value is -1.45. The molecule has 1 saturated carbocycles. The van der Waals surface area contributed by atoms with Crippen LogP contribution in [0.3, 0.4) is 0 Å². The number of carbonyl (C=O) groups is 1. The molecule has 0 aliphatic heterocycles. The predicted molar refractivity (Wildman–Crippen MR) is 72.3 cm³/mol. The van der Waals surface area contributed by atoms with Crippen molar-refractivity contribution in [2.45, 2.75) is 45.6 Å². The summed E-state index contributed by atoms with van der Waals surface area (Å²) in [5, 5.41) is 0. The summed E-state index contributed by atoms with van der Waals surface area (Å²) in [6.07, 6.45) is 5.64. The third kappa shape index (κ3) is 3.31. The van der Waals surface area contributed by atoms with Gasteiger partial charge >= 0.3 is 0 Å². The second-order valence-corrected chi connectivity index (χ2v) is 6.18. The quantitative estimate of drug-likeness (QED) is 0.768. The fourth-order valence-corrected chi connectivity index (χ4v) is 2.64. The molecule has 0 saturated heterocycles. The summed E-state index contributed by atoms with van der Waals surface area (Å²) in [5.74, 6) is -0.629. The fourth-order valence-electron chi connectivity index (χ4n) is 2.64. The van der Waals surface area contributed by atoms with Crippen LogP contribution in [-0.4, -0.2) is 28.9 Å². The molecule has 2 rings (SSSR count). The van der Waals surface area contributed by atoms with Crippen molar-refractivity contribution in [1.29, 1.82) is 0 Å². The molecule has 0 aromatic carbocycles. The number of hydrogen-bond acceptors (Lipinski definition) is 2. The van der Waals surface area contributed by atoms with Crippen LogP contribution in [0.4, 0.5) is 4.39 Å². The topological polar surface area (TPSA) is 33.2 Å². The summed E-state index contributed by atoms with van der Waals surface area (Å²) in [7, 11) is 1.83. The largest absolute Gasteiger partial charge is 0.339 e. The molecule has 3 nitrogen and oxygen atoms in total. The maximum atomic E-state index is 12.8. The van der Waals surface area contributed by atoms with Crippen molar-refractivity contribution in [1.82, 2.24) is 9.88 Å². The molecule has 0 bridgehead atoms. The van der Waals surface area contributed by atoms with Gasteiger partial charge in [-0.2, -0.15) is 4.39 Å². The minimum atomic E-state index is -0.557. The van der Waals surface area contributed by atoms with E-state index in [9.17, 15) is 9.18 Å². The maximum Gasteiger partial charge on any atom is 0.255 e. The minimum absolute atomic E-state index is 0.0720. The Morgan fingerprint density at radius 3 is 2.53 bits per heavy atom. The van der Waals surface area contributed by atoms with E-state index < -0.39 is 5.95 Å². The van der Waals surface area contributed by atoms with Gasteiger partial charge in [0.05, 0.1) is 5.56 Å². The molecule has 1 heterocycles. The molecular formula is C15H21FN2O. The molecule has 1 fully saturated rings. The first-order valence-electron chi connectivity index (χ1n) is 6.78. The van der Waals surface area contributed by atoms with Gasteiger partial charge in [-0.15, -0.1) is 0 Å². The van der Waals surface area contributed by atoms with Gasteiger partial charge in [-0.1, -0.05) is 13.8 Å². The van der Waals surface area contributed by atoms with Crippen molar-refractivity contribution in [2.75, 3.05) is 7.05 Å². The summed E-state index contributed by atoms with van der Waals surface area (Å²) < 4.78 is 12.8. The van der Waals surface area contributed by atoms with E-state index in [2.05, 4.69) is 18.8 Å². The molecule has 0 unspecified atom stereocenters. The maximum absolute atomic E-state index is 12.8. The van der Waals surface area contributed by atoms with Gasteiger partial charge in [0.25, 0.3) is 5.91 Å². The molecule has 1 amide bonds. The van der Waals surface area contributed by atoms with E-state index >= 15 is 0 Å². The second kappa shape index (κ2) is 5.27. The molecule has 1 aromatic rings. The van der Waals surface area contributed by atoms with Gasteiger partial charge in [0.15, 0.2) is 0 Å². The summed E-state index contributed by atoms with van der Waals surface area (Å²) >= 11 is 0. The van der Waals surface area contributed by atoms with Crippen molar-refractivity contribution in [3.05, 3.63) is 29.8 Å². The van der Waals surface area contributed by atoms with Crippen molar-refractivity contribution in [2.24, 2.45) is 5.41 Å². The van der Waals surface area contributed by atoms with Crippen molar-refractivity contribution >= 4 is 5.91 Å². The number of hydrogen-bond donors (Lipinski definition) is 0. The van der Waals surface area contributed by atoms with E-state index in [1.54, 1.807) is 4.90 Å². The fraction of sp³-hybridized carbons (Fsp3) is 0.600. The number of nitrogens with zero attached hydrogens (tertiary/aromatic N) is 2. The molecule has 1 aromatic heterocycles. The van der Waals surface area contributed by atoms with E-state index in [1.165, 1.54) is 18.3 Å². The van der Waals surface area contributed by atoms with Crippen LogP contribution in [0.5, 0.6) is 0 Å². The van der Waals surface area contributed by atoms with Gasteiger partial charge in [-0.05, 0) is 43.2 Å². The zero-order chi connectivity index (χ0) is 14.0. The number of pyridine rings is 1. The number of rotatable bonds is 2. The van der Waals surface area contributed by atoms with E-state index in [1.807, 2.05) is 7.05 Å². The third-order valence-electron chi connectivity index (χ3n) is 4.15. The van der Waals surface area contributed by atoms with Crippen LogP contribution in [0, 0.1) is 11.4 Å². The first-order valence-corrected chi connectivity index (χ1v) is 6.78. The Labute approximate surface area is 113 Å². The summed E-state index contributed by atoms with van der Waals surface area (Å²) in [6.45, 7) is 4.55. The van der Waals surface area contributed by atoms with Gasteiger partial charge in [0, 0.05) is 19.3 Å². The van der Waals surface area contributed by atoms with Crippen molar-refractivity contribution < 1.29 is 9.18 Å². The molecule has 0 spiro atoms. The van der Waals surface area contributed by atoms with E-state index in [0.29, 0.717) is 11.0 Å². The zero-order valence-electron chi connectivity index (χ0n) is 11.8. The van der Waals surface area contributed by atoms with Crippen LogP contribution in [0.25, 0.3) is 0 Å². The van der Waals surface area contributed by atoms with Crippen LogP contribution in [0.1, 0.15) is 49.9 Å². The van der Waals surface area contributed by atoms with Gasteiger partial charge in [-0.25, -0.2) is 4.98 Å². The Morgan fingerprint density at radius 2 is 2.00 bits per heavy atom. The molecule has 104 valence electrons. The van der Waals surface area contributed by atoms with Gasteiger partial charge in [-0.3, -0.25) is 4.79 Å². The average molecular weight is 264 g/mol. The molecular weight excluding hydrogens is 243 g/mol. The molecule has 0 radical (unpaired) electrons. The Balaban J connectivity index is 2.02. The first-order chi connectivity index (χ1) is 8.89. The number of carbonyl (C=O) groups excluding carboxylic acids is 1. The normalized spacial score (nSPS) is 19.2. The Kier molecular flexibility index (Phi) is 3.88. The highest BCUT2D eigenvalue weighted by molar-refractivity contribution is 5.93. The minimum Gasteiger partial charge on any atom is -0.339 e. The zero-order valence-corrected chi connectivity index (χ0v) is 11.8. The van der Waals surface area contributed by atoms with Crippen molar-refractivity contribution in [3.8, 4) is 0 Å². The first kappa shape index (κ1) is 14.0. The third-order valence-corrected chi connectivity index (χ3v) is 4.15. The molecule has 1 aliphatic carbocycles. The molecule has 1 aliphatic rings. The Bertz CT molecular complexity index is 446. The lowest BCUT2D eigenvalue weighted by Crippen LogP contribution is -2.40. The van der Waals surface area contributed by atoms with E-state index in [0.717, 1.165) is 25.7 Å². The van der Waals surface area contributed by atoms with Gasteiger partial charge < -0.3 is 4.90 Å². The van der Waals surface area contributed by atoms with E-state index in [4.69, 9.17) is 0 Å². The molecule has 0 atom stereocenters. The number of halogens is 1. The lowest BCUT2D eigenvalue weighted by atomic mass is 9.75. The highest BCUT2D eigenvalue weighted by Crippen LogP contribution is 2.36.